The van der Waals surface area contributed by atoms with Crippen LogP contribution in [-0.2, 0) is 11.2 Å². The van der Waals surface area contributed by atoms with Crippen LogP contribution in [-0.4, -0.2) is 31.3 Å². The lowest BCUT2D eigenvalue weighted by Crippen LogP contribution is -2.06. The van der Waals surface area contributed by atoms with Gasteiger partial charge in [-0.15, -0.1) is 11.3 Å². The van der Waals surface area contributed by atoms with E-state index in [0.29, 0.717) is 6.54 Å². The number of ether oxygens (including phenoxy) is 1. The van der Waals surface area contributed by atoms with Crippen molar-refractivity contribution in [1.82, 2.24) is 4.98 Å². The molecule has 0 aromatic carbocycles. The molecule has 15 heavy (non-hydrogen) atoms. The molecule has 0 saturated carbocycles. The number of nitrogens with zero attached hydrogens (tertiary/aromatic N) is 1. The molecule has 0 aliphatic heterocycles. The maximum Gasteiger partial charge on any atom is 0.182 e. The minimum atomic E-state index is 0.660. The van der Waals surface area contributed by atoms with E-state index in [2.05, 4.69) is 15.7 Å². The van der Waals surface area contributed by atoms with Crippen LogP contribution in [0.4, 0.5) is 5.13 Å². The number of hydrogen-bond acceptors (Lipinski definition) is 5. The third-order valence-corrected chi connectivity index (χ3v) is 2.75. The number of aromatic nitrogens is 1. The summed E-state index contributed by atoms with van der Waals surface area (Å²) in [6, 6.07) is 0. The van der Waals surface area contributed by atoms with Crippen LogP contribution in [0.5, 0.6) is 0 Å². The van der Waals surface area contributed by atoms with Gasteiger partial charge in [0.2, 0.25) is 0 Å². The molecule has 5 heteroatoms. The second-order valence-electron chi connectivity index (χ2n) is 3.16. The molecule has 0 bridgehead atoms. The summed E-state index contributed by atoms with van der Waals surface area (Å²) in [6.45, 7) is 5.18. The fourth-order valence-electron chi connectivity index (χ4n) is 1.16. The van der Waals surface area contributed by atoms with Gasteiger partial charge in [-0.1, -0.05) is 0 Å². The Morgan fingerprint density at radius 3 is 3.20 bits per heavy atom. The monoisotopic (exact) mass is 229 g/mol. The van der Waals surface area contributed by atoms with Crippen LogP contribution in [0.2, 0.25) is 0 Å². The molecule has 4 nitrogen and oxygen atoms in total. The largest absolute Gasteiger partial charge is 0.382 e. The van der Waals surface area contributed by atoms with Gasteiger partial charge in [0.1, 0.15) is 0 Å². The van der Waals surface area contributed by atoms with Crippen molar-refractivity contribution in [3.8, 4) is 0 Å². The molecule has 0 saturated heterocycles. The van der Waals surface area contributed by atoms with E-state index < -0.39 is 0 Å². The smallest absolute Gasteiger partial charge is 0.182 e. The van der Waals surface area contributed by atoms with E-state index in [1.807, 2.05) is 6.92 Å². The van der Waals surface area contributed by atoms with E-state index in [0.717, 1.165) is 43.4 Å². The summed E-state index contributed by atoms with van der Waals surface area (Å²) in [5, 5.41) is 6.30. The van der Waals surface area contributed by atoms with Gasteiger partial charge in [0, 0.05) is 31.6 Å². The van der Waals surface area contributed by atoms with Crippen molar-refractivity contribution in [3.05, 3.63) is 11.1 Å². The molecule has 0 aliphatic carbocycles. The van der Waals surface area contributed by atoms with Gasteiger partial charge >= 0.3 is 0 Å². The Morgan fingerprint density at radius 1 is 1.60 bits per heavy atom. The molecule has 0 fully saturated rings. The van der Waals surface area contributed by atoms with E-state index >= 15 is 0 Å². The average molecular weight is 229 g/mol. The number of nitrogens with two attached hydrogens (primary N) is 1. The van der Waals surface area contributed by atoms with Gasteiger partial charge in [0.25, 0.3) is 0 Å². The van der Waals surface area contributed by atoms with Crippen molar-refractivity contribution in [3.63, 3.8) is 0 Å². The topological polar surface area (TPSA) is 60.2 Å². The number of rotatable bonds is 8. The van der Waals surface area contributed by atoms with Crippen molar-refractivity contribution in [1.29, 1.82) is 0 Å². The first kappa shape index (κ1) is 12.4. The van der Waals surface area contributed by atoms with Crippen molar-refractivity contribution in [2.75, 3.05) is 31.6 Å². The summed E-state index contributed by atoms with van der Waals surface area (Å²) in [5.41, 5.74) is 6.53. The molecule has 0 aliphatic rings. The number of hydrogen-bond donors (Lipinski definition) is 2. The highest BCUT2D eigenvalue weighted by Crippen LogP contribution is 2.15. The van der Waals surface area contributed by atoms with Crippen LogP contribution in [0.1, 0.15) is 19.0 Å². The SMILES string of the molecule is CCOCCCNc1nc(CCN)cs1. The first-order chi connectivity index (χ1) is 7.36. The molecule has 3 N–H and O–H groups in total. The second kappa shape index (κ2) is 7.62. The Morgan fingerprint density at radius 2 is 2.47 bits per heavy atom. The predicted molar refractivity (Wildman–Crippen MR) is 64.5 cm³/mol. The summed E-state index contributed by atoms with van der Waals surface area (Å²) in [4.78, 5) is 4.40. The van der Waals surface area contributed by atoms with Crippen LogP contribution in [0.25, 0.3) is 0 Å². The van der Waals surface area contributed by atoms with Crippen LogP contribution >= 0.6 is 11.3 Å². The molecule has 0 radical (unpaired) electrons. The van der Waals surface area contributed by atoms with Crippen LogP contribution in [0.15, 0.2) is 5.38 Å². The fraction of sp³-hybridized carbons (Fsp3) is 0.700. The molecule has 0 amide bonds. The Kier molecular flexibility index (Phi) is 6.31. The summed E-state index contributed by atoms with van der Waals surface area (Å²) in [5.74, 6) is 0. The zero-order valence-electron chi connectivity index (χ0n) is 9.16. The Balaban J connectivity index is 2.14. The molecular formula is C10H19N3OS. The molecule has 86 valence electrons. The highest BCUT2D eigenvalue weighted by molar-refractivity contribution is 7.13. The van der Waals surface area contributed by atoms with Crippen LogP contribution < -0.4 is 11.1 Å². The van der Waals surface area contributed by atoms with Crippen molar-refractivity contribution < 1.29 is 4.74 Å². The fourth-order valence-corrected chi connectivity index (χ4v) is 1.94. The van der Waals surface area contributed by atoms with E-state index in [-0.39, 0.29) is 0 Å². The summed E-state index contributed by atoms with van der Waals surface area (Å²) in [7, 11) is 0. The van der Waals surface area contributed by atoms with E-state index in [4.69, 9.17) is 10.5 Å². The standard InChI is InChI=1S/C10H19N3OS/c1-2-14-7-3-6-12-10-13-9(4-5-11)8-15-10/h8H,2-7,11H2,1H3,(H,12,13). The lowest BCUT2D eigenvalue weighted by atomic mass is 10.3. The maximum atomic E-state index is 5.45. The summed E-state index contributed by atoms with van der Waals surface area (Å²) >= 11 is 1.63. The maximum absolute atomic E-state index is 5.45. The molecular weight excluding hydrogens is 210 g/mol. The zero-order chi connectivity index (χ0) is 10.9. The van der Waals surface area contributed by atoms with Crippen molar-refractivity contribution in [2.45, 2.75) is 19.8 Å². The Bertz CT molecular complexity index is 265. The van der Waals surface area contributed by atoms with Gasteiger partial charge in [-0.2, -0.15) is 0 Å². The summed E-state index contributed by atoms with van der Waals surface area (Å²) in [6.07, 6.45) is 1.87. The molecule has 0 atom stereocenters. The Labute approximate surface area is 94.8 Å². The highest BCUT2D eigenvalue weighted by atomic mass is 32.1. The van der Waals surface area contributed by atoms with Gasteiger partial charge in [-0.3, -0.25) is 0 Å². The molecule has 1 heterocycles. The van der Waals surface area contributed by atoms with Gasteiger partial charge in [0.15, 0.2) is 5.13 Å². The minimum Gasteiger partial charge on any atom is -0.382 e. The third kappa shape index (κ3) is 5.11. The van der Waals surface area contributed by atoms with Crippen LogP contribution in [0.3, 0.4) is 0 Å². The van der Waals surface area contributed by atoms with Crippen LogP contribution in [0, 0.1) is 0 Å². The lowest BCUT2D eigenvalue weighted by Gasteiger charge is -2.02. The van der Waals surface area contributed by atoms with Gasteiger partial charge < -0.3 is 15.8 Å². The molecule has 0 spiro atoms. The highest BCUT2D eigenvalue weighted by Gasteiger charge is 1.99. The van der Waals surface area contributed by atoms with Crippen molar-refractivity contribution in [2.24, 2.45) is 5.73 Å². The normalized spacial score (nSPS) is 10.5. The number of thiazole rings is 1. The zero-order valence-corrected chi connectivity index (χ0v) is 9.98. The molecule has 1 aromatic rings. The minimum absolute atomic E-state index is 0.660. The second-order valence-corrected chi connectivity index (χ2v) is 4.02. The quantitative estimate of drug-likeness (QED) is 0.663. The van der Waals surface area contributed by atoms with Gasteiger partial charge in [-0.05, 0) is 19.9 Å². The molecule has 1 rings (SSSR count). The third-order valence-electron chi connectivity index (χ3n) is 1.90. The molecule has 1 aromatic heterocycles. The predicted octanol–water partition coefficient (Wildman–Crippen LogP) is 1.48. The lowest BCUT2D eigenvalue weighted by molar-refractivity contribution is 0.147. The average Bonchev–Trinajstić information content (AvgIpc) is 2.66. The number of anilines is 1. The summed E-state index contributed by atoms with van der Waals surface area (Å²) < 4.78 is 5.24. The van der Waals surface area contributed by atoms with Gasteiger partial charge in [-0.25, -0.2) is 4.98 Å². The van der Waals surface area contributed by atoms with E-state index in [1.165, 1.54) is 0 Å². The van der Waals surface area contributed by atoms with Gasteiger partial charge in [0.05, 0.1) is 5.69 Å². The Hall–Kier alpha value is -0.650. The first-order valence-corrected chi connectivity index (χ1v) is 6.21. The van der Waals surface area contributed by atoms with E-state index in [1.54, 1.807) is 11.3 Å². The van der Waals surface area contributed by atoms with E-state index in [9.17, 15) is 0 Å². The van der Waals surface area contributed by atoms with Crippen molar-refractivity contribution >= 4 is 16.5 Å². The molecule has 0 unspecified atom stereocenters. The number of nitrogens with one attached hydrogen (secondary N) is 1. The first-order valence-electron chi connectivity index (χ1n) is 5.33.